The second-order valence-corrected chi connectivity index (χ2v) is 7.42. The third-order valence-corrected chi connectivity index (χ3v) is 5.83. The number of hydrogen-bond donors (Lipinski definition) is 1. The molecular formula is C15H24N2O3S. The standard InChI is InChI=1S/C15H24N2O3S/c1-16-11-13-3-5-15(6-4-13)21(18,19)17-9-7-14(8-10-17)12-20-2/h3-6,14,16H,7-12H2,1-2H3. The summed E-state index contributed by atoms with van der Waals surface area (Å²) in [5, 5.41) is 3.05. The molecule has 0 saturated carbocycles. The van der Waals surface area contributed by atoms with E-state index in [4.69, 9.17) is 4.74 Å². The van der Waals surface area contributed by atoms with Gasteiger partial charge in [0.05, 0.1) is 4.90 Å². The largest absolute Gasteiger partial charge is 0.384 e. The average molecular weight is 312 g/mol. The molecule has 1 fully saturated rings. The van der Waals surface area contributed by atoms with Gasteiger partial charge in [0.1, 0.15) is 0 Å². The molecule has 1 aromatic rings. The summed E-state index contributed by atoms with van der Waals surface area (Å²) >= 11 is 0. The molecule has 2 rings (SSSR count). The minimum atomic E-state index is -3.36. The summed E-state index contributed by atoms with van der Waals surface area (Å²) in [5.74, 6) is 0.472. The zero-order chi connectivity index (χ0) is 15.3. The highest BCUT2D eigenvalue weighted by molar-refractivity contribution is 7.89. The molecule has 1 aliphatic heterocycles. The van der Waals surface area contributed by atoms with Crippen LogP contribution in [0.1, 0.15) is 18.4 Å². The van der Waals surface area contributed by atoms with Crippen LogP contribution in [-0.2, 0) is 21.3 Å². The molecule has 0 aromatic heterocycles. The van der Waals surface area contributed by atoms with E-state index in [1.54, 1.807) is 23.5 Å². The number of hydrogen-bond acceptors (Lipinski definition) is 4. The monoisotopic (exact) mass is 312 g/mol. The van der Waals surface area contributed by atoms with Crippen molar-refractivity contribution in [1.29, 1.82) is 0 Å². The minimum absolute atomic E-state index is 0.382. The third kappa shape index (κ3) is 4.03. The van der Waals surface area contributed by atoms with Gasteiger partial charge >= 0.3 is 0 Å². The number of methoxy groups -OCH3 is 1. The Labute approximate surface area is 127 Å². The van der Waals surface area contributed by atoms with Gasteiger partial charge in [-0.05, 0) is 43.5 Å². The molecule has 1 aliphatic rings. The van der Waals surface area contributed by atoms with Gasteiger partial charge in [-0.1, -0.05) is 12.1 Å². The predicted molar refractivity (Wildman–Crippen MR) is 82.6 cm³/mol. The summed E-state index contributed by atoms with van der Waals surface area (Å²) in [5.41, 5.74) is 1.08. The van der Waals surface area contributed by atoms with Gasteiger partial charge in [0.15, 0.2) is 0 Å². The number of ether oxygens (including phenoxy) is 1. The van der Waals surface area contributed by atoms with E-state index in [2.05, 4.69) is 5.32 Å². The first-order chi connectivity index (χ1) is 10.1. The van der Waals surface area contributed by atoms with Crippen molar-refractivity contribution < 1.29 is 13.2 Å². The SMILES string of the molecule is CNCc1ccc(S(=O)(=O)N2CCC(COC)CC2)cc1. The van der Waals surface area contributed by atoms with Gasteiger partial charge < -0.3 is 10.1 Å². The van der Waals surface area contributed by atoms with Crippen molar-refractivity contribution >= 4 is 10.0 Å². The van der Waals surface area contributed by atoms with E-state index in [-0.39, 0.29) is 0 Å². The maximum Gasteiger partial charge on any atom is 0.243 e. The van der Waals surface area contributed by atoms with E-state index in [0.29, 0.717) is 30.5 Å². The number of piperidine rings is 1. The summed E-state index contributed by atoms with van der Waals surface area (Å²) in [4.78, 5) is 0.382. The lowest BCUT2D eigenvalue weighted by atomic mass is 9.99. The van der Waals surface area contributed by atoms with Crippen molar-refractivity contribution in [1.82, 2.24) is 9.62 Å². The van der Waals surface area contributed by atoms with Gasteiger partial charge in [-0.15, -0.1) is 0 Å². The molecule has 1 heterocycles. The molecule has 0 amide bonds. The number of rotatable bonds is 6. The molecule has 0 aliphatic carbocycles. The normalized spacial score (nSPS) is 18.0. The molecule has 21 heavy (non-hydrogen) atoms. The molecule has 0 spiro atoms. The Morgan fingerprint density at radius 3 is 2.38 bits per heavy atom. The molecule has 118 valence electrons. The van der Waals surface area contributed by atoms with E-state index >= 15 is 0 Å². The average Bonchev–Trinajstić information content (AvgIpc) is 2.49. The summed E-state index contributed by atoms with van der Waals surface area (Å²) < 4.78 is 31.9. The Morgan fingerprint density at radius 2 is 1.86 bits per heavy atom. The molecule has 1 N–H and O–H groups in total. The fourth-order valence-electron chi connectivity index (χ4n) is 2.68. The van der Waals surface area contributed by atoms with Gasteiger partial charge in [0.2, 0.25) is 10.0 Å². The van der Waals surface area contributed by atoms with Gasteiger partial charge in [-0.3, -0.25) is 0 Å². The van der Waals surface area contributed by atoms with Crippen LogP contribution in [0.4, 0.5) is 0 Å². The van der Waals surface area contributed by atoms with Crippen molar-refractivity contribution in [2.45, 2.75) is 24.3 Å². The second-order valence-electron chi connectivity index (χ2n) is 5.48. The summed E-state index contributed by atoms with van der Waals surface area (Å²) in [6, 6.07) is 7.12. The lowest BCUT2D eigenvalue weighted by molar-refractivity contribution is 0.121. The number of sulfonamides is 1. The third-order valence-electron chi connectivity index (χ3n) is 3.92. The number of nitrogens with one attached hydrogen (secondary N) is 1. The van der Waals surface area contributed by atoms with Crippen LogP contribution < -0.4 is 5.32 Å². The number of benzene rings is 1. The van der Waals surface area contributed by atoms with Crippen LogP contribution in [0.3, 0.4) is 0 Å². The van der Waals surface area contributed by atoms with Gasteiger partial charge in [0, 0.05) is 33.4 Å². The van der Waals surface area contributed by atoms with Gasteiger partial charge in [-0.25, -0.2) is 8.42 Å². The second kappa shape index (κ2) is 7.35. The quantitative estimate of drug-likeness (QED) is 0.864. The van der Waals surface area contributed by atoms with E-state index in [1.807, 2.05) is 19.2 Å². The van der Waals surface area contributed by atoms with E-state index < -0.39 is 10.0 Å². The smallest absolute Gasteiger partial charge is 0.243 e. The molecule has 1 aromatic carbocycles. The predicted octanol–water partition coefficient (Wildman–Crippen LogP) is 1.45. The fourth-order valence-corrected chi connectivity index (χ4v) is 4.15. The van der Waals surface area contributed by atoms with Crippen molar-refractivity contribution in [2.24, 2.45) is 5.92 Å². The van der Waals surface area contributed by atoms with Crippen LogP contribution in [-0.4, -0.2) is 46.6 Å². The fraction of sp³-hybridized carbons (Fsp3) is 0.600. The van der Waals surface area contributed by atoms with Crippen molar-refractivity contribution in [3.8, 4) is 0 Å². The molecular weight excluding hydrogens is 288 g/mol. The van der Waals surface area contributed by atoms with Crippen molar-refractivity contribution in [3.63, 3.8) is 0 Å². The Bertz CT molecular complexity index is 535. The Kier molecular flexibility index (Phi) is 5.75. The topological polar surface area (TPSA) is 58.6 Å². The van der Waals surface area contributed by atoms with Crippen LogP contribution in [0.5, 0.6) is 0 Å². The summed E-state index contributed by atoms with van der Waals surface area (Å²) in [6.45, 7) is 2.61. The zero-order valence-corrected chi connectivity index (χ0v) is 13.5. The molecule has 5 nitrogen and oxygen atoms in total. The van der Waals surface area contributed by atoms with E-state index in [0.717, 1.165) is 24.9 Å². The Morgan fingerprint density at radius 1 is 1.24 bits per heavy atom. The van der Waals surface area contributed by atoms with Gasteiger partial charge in [0.25, 0.3) is 0 Å². The first kappa shape index (κ1) is 16.4. The van der Waals surface area contributed by atoms with Crippen LogP contribution in [0, 0.1) is 5.92 Å². The van der Waals surface area contributed by atoms with Crippen molar-refractivity contribution in [2.75, 3.05) is 33.9 Å². The number of nitrogens with zero attached hydrogens (tertiary/aromatic N) is 1. The summed E-state index contributed by atoms with van der Waals surface area (Å²) in [7, 11) is 0.200. The van der Waals surface area contributed by atoms with E-state index in [1.165, 1.54) is 0 Å². The molecule has 0 atom stereocenters. The van der Waals surface area contributed by atoms with Crippen LogP contribution in [0.15, 0.2) is 29.2 Å². The molecule has 0 radical (unpaired) electrons. The maximum atomic E-state index is 12.6. The molecule has 0 bridgehead atoms. The lowest BCUT2D eigenvalue weighted by Crippen LogP contribution is -2.39. The Balaban J connectivity index is 2.04. The van der Waals surface area contributed by atoms with Gasteiger partial charge in [-0.2, -0.15) is 4.31 Å². The zero-order valence-electron chi connectivity index (χ0n) is 12.7. The van der Waals surface area contributed by atoms with Crippen LogP contribution in [0.2, 0.25) is 0 Å². The van der Waals surface area contributed by atoms with Crippen LogP contribution in [0.25, 0.3) is 0 Å². The molecule has 0 unspecified atom stereocenters. The molecule has 1 saturated heterocycles. The molecule has 6 heteroatoms. The minimum Gasteiger partial charge on any atom is -0.384 e. The Hall–Kier alpha value is -0.950. The first-order valence-electron chi connectivity index (χ1n) is 7.30. The highest BCUT2D eigenvalue weighted by Gasteiger charge is 2.29. The van der Waals surface area contributed by atoms with Crippen molar-refractivity contribution in [3.05, 3.63) is 29.8 Å². The first-order valence-corrected chi connectivity index (χ1v) is 8.74. The lowest BCUT2D eigenvalue weighted by Gasteiger charge is -2.30. The maximum absolute atomic E-state index is 12.6. The highest BCUT2D eigenvalue weighted by Crippen LogP contribution is 2.24. The van der Waals surface area contributed by atoms with Crippen LogP contribution >= 0.6 is 0 Å². The van der Waals surface area contributed by atoms with E-state index in [9.17, 15) is 8.42 Å². The summed E-state index contributed by atoms with van der Waals surface area (Å²) in [6.07, 6.45) is 1.73. The highest BCUT2D eigenvalue weighted by atomic mass is 32.2.